The van der Waals surface area contributed by atoms with Crippen LogP contribution in [0.3, 0.4) is 0 Å². The van der Waals surface area contributed by atoms with Crippen molar-refractivity contribution in [1.82, 2.24) is 0 Å². The fourth-order valence-electron chi connectivity index (χ4n) is 1.83. The Hall–Kier alpha value is -1.80. The predicted octanol–water partition coefficient (Wildman–Crippen LogP) is 0.705. The van der Waals surface area contributed by atoms with Crippen LogP contribution in [0.5, 0.6) is 0 Å². The Kier molecular flexibility index (Phi) is 6.00. The van der Waals surface area contributed by atoms with Crippen LogP contribution in [-0.2, 0) is 0 Å². The van der Waals surface area contributed by atoms with Crippen molar-refractivity contribution in [2.45, 2.75) is 13.8 Å². The Morgan fingerprint density at radius 1 is 0.765 bits per heavy atom. The summed E-state index contributed by atoms with van der Waals surface area (Å²) in [4.78, 5) is 29.4. The summed E-state index contributed by atoms with van der Waals surface area (Å²) in [5.74, 6) is -1.79. The molecule has 0 spiro atoms. The van der Waals surface area contributed by atoms with Crippen molar-refractivity contribution in [3.8, 4) is 0 Å². The first kappa shape index (κ1) is 15.2. The molecular formula is C8H15N3O6. The minimum absolute atomic E-state index is 0.416. The van der Waals surface area contributed by atoms with Crippen LogP contribution in [0.4, 0.5) is 0 Å². The van der Waals surface area contributed by atoms with Gasteiger partial charge in [-0.25, -0.2) is 0 Å². The number of hydrogen-bond acceptors (Lipinski definition) is 6. The molecule has 98 valence electrons. The maximum Gasteiger partial charge on any atom is 0.207 e. The fourth-order valence-corrected chi connectivity index (χ4v) is 1.83. The van der Waals surface area contributed by atoms with Gasteiger partial charge in [-0.15, -0.1) is 0 Å². The Balaban J connectivity index is 4.66. The third kappa shape index (κ3) is 6.38. The average Bonchev–Trinajstić information content (AvgIpc) is 2.11. The molecule has 0 aromatic rings. The van der Waals surface area contributed by atoms with E-state index in [0.717, 1.165) is 0 Å². The second-order valence-electron chi connectivity index (χ2n) is 4.16. The van der Waals surface area contributed by atoms with Gasteiger partial charge in [-0.2, -0.15) is 0 Å². The van der Waals surface area contributed by atoms with Crippen molar-refractivity contribution in [3.05, 3.63) is 30.3 Å². The highest BCUT2D eigenvalue weighted by Gasteiger charge is 2.33. The van der Waals surface area contributed by atoms with Crippen molar-refractivity contribution < 1.29 is 14.8 Å². The number of rotatable bonds is 8. The molecule has 0 saturated carbocycles. The molecular weight excluding hydrogens is 234 g/mol. The van der Waals surface area contributed by atoms with Crippen LogP contribution in [0, 0.1) is 48.1 Å². The fraction of sp³-hybridized carbons (Fsp3) is 1.00. The van der Waals surface area contributed by atoms with Crippen molar-refractivity contribution >= 4 is 0 Å². The summed E-state index contributed by atoms with van der Waals surface area (Å²) in [6.45, 7) is 1.70. The molecule has 0 heterocycles. The van der Waals surface area contributed by atoms with E-state index in [4.69, 9.17) is 0 Å². The highest BCUT2D eigenvalue weighted by Crippen LogP contribution is 2.22. The highest BCUT2D eigenvalue weighted by atomic mass is 16.6. The molecule has 0 amide bonds. The smallest absolute Gasteiger partial charge is 0.207 e. The van der Waals surface area contributed by atoms with Gasteiger partial charge in [0.2, 0.25) is 19.6 Å². The largest absolute Gasteiger partial charge is 0.265 e. The second kappa shape index (κ2) is 6.71. The van der Waals surface area contributed by atoms with Crippen LogP contribution >= 0.6 is 0 Å². The molecule has 0 fully saturated rings. The van der Waals surface area contributed by atoms with E-state index in [-0.39, 0.29) is 0 Å². The van der Waals surface area contributed by atoms with Gasteiger partial charge in [0, 0.05) is 32.5 Å². The molecule has 17 heavy (non-hydrogen) atoms. The molecule has 2 unspecified atom stereocenters. The summed E-state index contributed by atoms with van der Waals surface area (Å²) in [6, 6.07) is 0. The monoisotopic (exact) mass is 249 g/mol. The van der Waals surface area contributed by atoms with Gasteiger partial charge >= 0.3 is 0 Å². The number of nitro groups is 3. The molecule has 9 nitrogen and oxygen atoms in total. The normalized spacial score (nSPS) is 15.9. The molecule has 0 bridgehead atoms. The lowest BCUT2D eigenvalue weighted by Gasteiger charge is -2.21. The van der Waals surface area contributed by atoms with E-state index in [9.17, 15) is 30.3 Å². The van der Waals surface area contributed by atoms with Crippen molar-refractivity contribution in [3.63, 3.8) is 0 Å². The standard InChI is InChI=1S/C8H15N3O6/c1-6(3-9(12)13)8(5-11(16)17)7(2)4-10(14)15/h6-8H,3-5H2,1-2H3. The quantitative estimate of drug-likeness (QED) is 0.459. The zero-order valence-electron chi connectivity index (χ0n) is 9.64. The minimum Gasteiger partial charge on any atom is -0.265 e. The van der Waals surface area contributed by atoms with Crippen LogP contribution in [0.25, 0.3) is 0 Å². The van der Waals surface area contributed by atoms with E-state index >= 15 is 0 Å². The average molecular weight is 249 g/mol. The molecule has 0 aromatic carbocycles. The van der Waals surface area contributed by atoms with Crippen LogP contribution in [-0.4, -0.2) is 34.4 Å². The van der Waals surface area contributed by atoms with E-state index in [0.29, 0.717) is 0 Å². The van der Waals surface area contributed by atoms with Gasteiger partial charge in [-0.3, -0.25) is 30.3 Å². The first-order chi connectivity index (χ1) is 7.73. The van der Waals surface area contributed by atoms with Gasteiger partial charge in [0.15, 0.2) is 0 Å². The first-order valence-electron chi connectivity index (χ1n) is 5.09. The molecule has 2 atom stereocenters. The van der Waals surface area contributed by atoms with Crippen molar-refractivity contribution in [1.29, 1.82) is 0 Å². The lowest BCUT2D eigenvalue weighted by Crippen LogP contribution is -2.34. The maximum atomic E-state index is 10.5. The third-order valence-corrected chi connectivity index (χ3v) is 2.70. The van der Waals surface area contributed by atoms with E-state index in [2.05, 4.69) is 0 Å². The summed E-state index contributed by atoms with van der Waals surface area (Å²) in [6.07, 6.45) is 0. The van der Waals surface area contributed by atoms with Gasteiger partial charge in [0.05, 0.1) is 0 Å². The summed E-state index contributed by atoms with van der Waals surface area (Å²) in [5.41, 5.74) is 0. The molecule has 0 rings (SSSR count). The maximum absolute atomic E-state index is 10.5. The molecule has 0 aliphatic carbocycles. The van der Waals surface area contributed by atoms with Crippen molar-refractivity contribution in [2.24, 2.45) is 17.8 Å². The number of hydrogen-bond donors (Lipinski definition) is 0. The van der Waals surface area contributed by atoms with Gasteiger partial charge < -0.3 is 0 Å². The Morgan fingerprint density at radius 2 is 1.06 bits per heavy atom. The summed E-state index contributed by atoms with van der Waals surface area (Å²) < 4.78 is 0. The Morgan fingerprint density at radius 3 is 1.29 bits per heavy atom. The van der Waals surface area contributed by atoms with Crippen LogP contribution < -0.4 is 0 Å². The van der Waals surface area contributed by atoms with Gasteiger partial charge in [0.1, 0.15) is 0 Å². The van der Waals surface area contributed by atoms with E-state index in [1.165, 1.54) is 13.8 Å². The Bertz CT molecular complexity index is 286. The molecule has 0 radical (unpaired) electrons. The lowest BCUT2D eigenvalue weighted by atomic mass is 9.83. The summed E-state index contributed by atoms with van der Waals surface area (Å²) in [5, 5.41) is 31.1. The minimum atomic E-state index is -0.666. The Labute approximate surface area is 97.3 Å². The molecule has 0 aromatic heterocycles. The summed E-state index contributed by atoms with van der Waals surface area (Å²) in [7, 11) is 0. The third-order valence-electron chi connectivity index (χ3n) is 2.70. The van der Waals surface area contributed by atoms with E-state index in [1.54, 1.807) is 0 Å². The van der Waals surface area contributed by atoms with Crippen LogP contribution in [0.15, 0.2) is 0 Å². The van der Waals surface area contributed by atoms with Crippen molar-refractivity contribution in [2.75, 3.05) is 19.6 Å². The SMILES string of the molecule is CC(C[N+](=O)[O-])C(C[N+](=O)[O-])C(C)C[N+](=O)[O-]. The van der Waals surface area contributed by atoms with Crippen LogP contribution in [0.2, 0.25) is 0 Å². The predicted molar refractivity (Wildman–Crippen MR) is 57.4 cm³/mol. The molecule has 0 N–H and O–H groups in total. The molecule has 9 heteroatoms. The van der Waals surface area contributed by atoms with Gasteiger partial charge in [-0.1, -0.05) is 13.8 Å². The van der Waals surface area contributed by atoms with Crippen LogP contribution in [0.1, 0.15) is 13.8 Å². The van der Waals surface area contributed by atoms with Gasteiger partial charge in [-0.05, 0) is 0 Å². The van der Waals surface area contributed by atoms with E-state index in [1.807, 2.05) is 0 Å². The summed E-state index contributed by atoms with van der Waals surface area (Å²) >= 11 is 0. The number of nitrogens with zero attached hydrogens (tertiary/aromatic N) is 3. The molecule has 0 saturated heterocycles. The van der Waals surface area contributed by atoms with Gasteiger partial charge in [0.25, 0.3) is 0 Å². The topological polar surface area (TPSA) is 129 Å². The lowest BCUT2D eigenvalue weighted by molar-refractivity contribution is -0.519. The highest BCUT2D eigenvalue weighted by molar-refractivity contribution is 4.71. The second-order valence-corrected chi connectivity index (χ2v) is 4.16. The molecule has 0 aliphatic rings. The first-order valence-corrected chi connectivity index (χ1v) is 5.09. The van der Waals surface area contributed by atoms with E-state index < -0.39 is 52.2 Å². The zero-order valence-corrected chi connectivity index (χ0v) is 9.64. The molecule has 0 aliphatic heterocycles. The zero-order chi connectivity index (χ0) is 13.6.